The highest BCUT2D eigenvalue weighted by Gasteiger charge is 2.38. The lowest BCUT2D eigenvalue weighted by Gasteiger charge is -2.38. The second-order valence-electron chi connectivity index (χ2n) is 6.47. The maximum Gasteiger partial charge on any atom is 0.453 e. The molecule has 2 saturated heterocycles. The minimum Gasteiger partial charge on any atom is -0.354 e. The zero-order valence-corrected chi connectivity index (χ0v) is 13.2. The summed E-state index contributed by atoms with van der Waals surface area (Å²) in [6.45, 7) is 3.86. The number of halogens is 3. The Morgan fingerprint density at radius 1 is 1.00 bits per heavy atom. The van der Waals surface area contributed by atoms with Gasteiger partial charge >= 0.3 is 6.18 Å². The average Bonchev–Trinajstić information content (AvgIpc) is 3.23. The summed E-state index contributed by atoms with van der Waals surface area (Å²) in [5.74, 6) is -0.524. The van der Waals surface area contributed by atoms with Crippen molar-refractivity contribution in [2.45, 2.75) is 37.9 Å². The minimum atomic E-state index is -4.56. The SMILES string of the molecule is FC(F)(F)c1nnc2ccc(N3CCC[C@@H](N4CCCC4)C3)nn12. The fraction of sp³-hybridized carbons (Fsp3) is 0.667. The molecule has 6 nitrogen and oxygen atoms in total. The molecule has 0 radical (unpaired) electrons. The summed E-state index contributed by atoms with van der Waals surface area (Å²) in [6.07, 6.45) is 0.0616. The van der Waals surface area contributed by atoms with E-state index in [-0.39, 0.29) is 5.65 Å². The van der Waals surface area contributed by atoms with Crippen LogP contribution >= 0.6 is 0 Å². The zero-order valence-electron chi connectivity index (χ0n) is 13.2. The summed E-state index contributed by atoms with van der Waals surface area (Å²) in [5, 5.41) is 10.9. The Labute approximate surface area is 137 Å². The maximum atomic E-state index is 13.0. The molecule has 4 heterocycles. The van der Waals surface area contributed by atoms with Crippen LogP contribution in [0.2, 0.25) is 0 Å². The van der Waals surface area contributed by atoms with E-state index in [9.17, 15) is 13.2 Å². The number of likely N-dealkylation sites (tertiary alicyclic amines) is 1. The van der Waals surface area contributed by atoms with Gasteiger partial charge in [-0.2, -0.15) is 17.7 Å². The molecule has 0 aliphatic carbocycles. The molecule has 4 rings (SSSR count). The van der Waals surface area contributed by atoms with E-state index in [0.29, 0.717) is 11.9 Å². The van der Waals surface area contributed by atoms with Gasteiger partial charge in [0.25, 0.3) is 5.82 Å². The van der Waals surface area contributed by atoms with Crippen LogP contribution in [0.3, 0.4) is 0 Å². The molecule has 0 N–H and O–H groups in total. The largest absolute Gasteiger partial charge is 0.453 e. The molecule has 0 amide bonds. The first-order chi connectivity index (χ1) is 11.5. The molecule has 2 aliphatic rings. The van der Waals surface area contributed by atoms with Crippen molar-refractivity contribution in [3.05, 3.63) is 18.0 Å². The van der Waals surface area contributed by atoms with Crippen LogP contribution in [0.15, 0.2) is 12.1 Å². The Balaban J connectivity index is 1.61. The summed E-state index contributed by atoms with van der Waals surface area (Å²) in [6, 6.07) is 3.74. The van der Waals surface area contributed by atoms with Gasteiger partial charge in [-0.25, -0.2) is 0 Å². The molecule has 0 aromatic carbocycles. The van der Waals surface area contributed by atoms with E-state index < -0.39 is 12.0 Å². The highest BCUT2D eigenvalue weighted by molar-refractivity contribution is 5.46. The molecular weight excluding hydrogens is 321 g/mol. The number of anilines is 1. The molecule has 130 valence electrons. The predicted molar refractivity (Wildman–Crippen MR) is 81.8 cm³/mol. The monoisotopic (exact) mass is 340 g/mol. The molecule has 0 unspecified atom stereocenters. The summed E-state index contributed by atoms with van der Waals surface area (Å²) < 4.78 is 39.8. The van der Waals surface area contributed by atoms with Crippen LogP contribution in [0.1, 0.15) is 31.5 Å². The Morgan fingerprint density at radius 3 is 2.54 bits per heavy atom. The number of nitrogens with zero attached hydrogens (tertiary/aromatic N) is 6. The molecule has 1 atom stereocenters. The van der Waals surface area contributed by atoms with Gasteiger partial charge in [0.1, 0.15) is 5.82 Å². The number of rotatable bonds is 2. The fourth-order valence-electron chi connectivity index (χ4n) is 3.69. The van der Waals surface area contributed by atoms with Crippen molar-refractivity contribution in [1.82, 2.24) is 24.7 Å². The van der Waals surface area contributed by atoms with E-state index in [1.165, 1.54) is 12.8 Å². The molecule has 0 spiro atoms. The van der Waals surface area contributed by atoms with E-state index in [0.717, 1.165) is 43.5 Å². The lowest BCUT2D eigenvalue weighted by atomic mass is 10.0. The van der Waals surface area contributed by atoms with E-state index in [2.05, 4.69) is 25.1 Å². The second-order valence-corrected chi connectivity index (χ2v) is 6.47. The molecule has 2 aliphatic heterocycles. The molecule has 0 saturated carbocycles. The molecular formula is C15H19F3N6. The standard InChI is InChI=1S/C15H19F3N6/c16-15(17,18)14-20-19-12-5-6-13(21-24(12)14)23-9-3-4-11(10-23)22-7-1-2-8-22/h5-6,11H,1-4,7-10H2/t11-/m1/s1. The van der Waals surface area contributed by atoms with Gasteiger partial charge in [0.15, 0.2) is 5.65 Å². The molecule has 2 aromatic heterocycles. The number of fused-ring (bicyclic) bond motifs is 1. The van der Waals surface area contributed by atoms with E-state index >= 15 is 0 Å². The first kappa shape index (κ1) is 15.6. The molecule has 0 bridgehead atoms. The van der Waals surface area contributed by atoms with Gasteiger partial charge in [0.05, 0.1) is 0 Å². The second kappa shape index (κ2) is 5.87. The van der Waals surface area contributed by atoms with Gasteiger partial charge in [-0.1, -0.05) is 0 Å². The first-order valence-electron chi connectivity index (χ1n) is 8.31. The summed E-state index contributed by atoms with van der Waals surface area (Å²) in [4.78, 5) is 4.57. The number of hydrogen-bond acceptors (Lipinski definition) is 5. The smallest absolute Gasteiger partial charge is 0.354 e. The van der Waals surface area contributed by atoms with Crippen molar-refractivity contribution < 1.29 is 13.2 Å². The third kappa shape index (κ3) is 2.81. The van der Waals surface area contributed by atoms with E-state index in [1.54, 1.807) is 12.1 Å². The quantitative estimate of drug-likeness (QED) is 0.839. The van der Waals surface area contributed by atoms with Crippen molar-refractivity contribution in [2.24, 2.45) is 0 Å². The third-order valence-electron chi connectivity index (χ3n) is 4.88. The Kier molecular flexibility index (Phi) is 3.82. The van der Waals surface area contributed by atoms with E-state index in [1.807, 2.05) is 0 Å². The fourth-order valence-corrected chi connectivity index (χ4v) is 3.69. The average molecular weight is 340 g/mol. The Hall–Kier alpha value is -1.90. The summed E-state index contributed by atoms with van der Waals surface area (Å²) >= 11 is 0. The van der Waals surface area contributed by atoms with Crippen LogP contribution in [0.25, 0.3) is 5.65 Å². The summed E-state index contributed by atoms with van der Waals surface area (Å²) in [5.41, 5.74) is 0.110. The first-order valence-corrected chi connectivity index (χ1v) is 8.31. The van der Waals surface area contributed by atoms with Gasteiger partial charge in [-0.05, 0) is 50.9 Å². The molecule has 2 fully saturated rings. The normalized spacial score (nSPS) is 23.3. The Morgan fingerprint density at radius 2 is 1.79 bits per heavy atom. The van der Waals surface area contributed by atoms with Crippen molar-refractivity contribution in [2.75, 3.05) is 31.1 Å². The minimum absolute atomic E-state index is 0.110. The topological polar surface area (TPSA) is 49.6 Å². The van der Waals surface area contributed by atoms with Crippen LogP contribution < -0.4 is 4.90 Å². The van der Waals surface area contributed by atoms with E-state index in [4.69, 9.17) is 0 Å². The van der Waals surface area contributed by atoms with Crippen LogP contribution in [-0.2, 0) is 6.18 Å². The number of hydrogen-bond donors (Lipinski definition) is 0. The predicted octanol–water partition coefficient (Wildman–Crippen LogP) is 2.21. The number of piperidine rings is 1. The van der Waals surface area contributed by atoms with Crippen molar-refractivity contribution in [3.8, 4) is 0 Å². The van der Waals surface area contributed by atoms with Crippen LogP contribution in [0.4, 0.5) is 19.0 Å². The van der Waals surface area contributed by atoms with Gasteiger partial charge in [-0.3, -0.25) is 4.90 Å². The van der Waals surface area contributed by atoms with Crippen LogP contribution in [-0.4, -0.2) is 56.9 Å². The van der Waals surface area contributed by atoms with Crippen molar-refractivity contribution >= 4 is 11.5 Å². The van der Waals surface area contributed by atoms with Gasteiger partial charge in [0.2, 0.25) is 0 Å². The number of alkyl halides is 3. The Bertz CT molecular complexity index is 722. The highest BCUT2D eigenvalue weighted by Crippen LogP contribution is 2.29. The molecule has 2 aromatic rings. The molecule has 24 heavy (non-hydrogen) atoms. The maximum absolute atomic E-state index is 13.0. The van der Waals surface area contributed by atoms with Gasteiger partial charge < -0.3 is 4.90 Å². The molecule has 9 heteroatoms. The third-order valence-corrected chi connectivity index (χ3v) is 4.88. The summed E-state index contributed by atoms with van der Waals surface area (Å²) in [7, 11) is 0. The number of aromatic nitrogens is 4. The lowest BCUT2D eigenvalue weighted by Crippen LogP contribution is -2.47. The van der Waals surface area contributed by atoms with Crippen LogP contribution in [0, 0.1) is 0 Å². The van der Waals surface area contributed by atoms with Gasteiger partial charge in [0, 0.05) is 19.1 Å². The van der Waals surface area contributed by atoms with Gasteiger partial charge in [-0.15, -0.1) is 15.3 Å². The van der Waals surface area contributed by atoms with Crippen molar-refractivity contribution in [3.63, 3.8) is 0 Å². The van der Waals surface area contributed by atoms with Crippen LogP contribution in [0.5, 0.6) is 0 Å². The highest BCUT2D eigenvalue weighted by atomic mass is 19.4. The van der Waals surface area contributed by atoms with Crippen molar-refractivity contribution in [1.29, 1.82) is 0 Å². The zero-order chi connectivity index (χ0) is 16.7. The lowest BCUT2D eigenvalue weighted by molar-refractivity contribution is -0.146.